The van der Waals surface area contributed by atoms with Crippen LogP contribution in [0.3, 0.4) is 0 Å². The first-order chi connectivity index (χ1) is 11.6. The van der Waals surface area contributed by atoms with E-state index in [1.165, 1.54) is 24.3 Å². The molecule has 0 spiro atoms. The fourth-order valence-corrected chi connectivity index (χ4v) is 3.09. The molecule has 0 radical (unpaired) electrons. The number of rotatable bonds is 7. The van der Waals surface area contributed by atoms with E-state index in [0.717, 1.165) is 5.56 Å². The van der Waals surface area contributed by atoms with Crippen molar-refractivity contribution in [3.05, 3.63) is 53.6 Å². The Bertz CT molecular complexity index is 788. The molecule has 0 fully saturated rings. The van der Waals surface area contributed by atoms with Crippen molar-refractivity contribution >= 4 is 13.4 Å². The summed E-state index contributed by atoms with van der Waals surface area (Å²) in [5, 5.41) is 41.9. The Kier molecular flexibility index (Phi) is 5.72. The molecular weight excluding hydrogens is 349 g/mol. The molecule has 0 unspecified atom stereocenters. The van der Waals surface area contributed by atoms with E-state index in [1.807, 2.05) is 5.09 Å². The first-order valence-electron chi connectivity index (χ1n) is 7.47. The standard InChI is InChI=1S/C16H20NO7P/c18-12-6-1-4-11(10-12)5-3-9-16(20,21)15-13(17-25(22,23)24)7-2-8-14(15)19/h1-2,4,6-8,10,18-21H,3,5,9H2,(H3,17,22,23,24). The van der Waals surface area contributed by atoms with Crippen molar-refractivity contribution in [2.24, 2.45) is 0 Å². The van der Waals surface area contributed by atoms with Crippen molar-refractivity contribution in [1.82, 2.24) is 0 Å². The van der Waals surface area contributed by atoms with E-state index < -0.39 is 24.8 Å². The molecule has 7 N–H and O–H groups in total. The second-order valence-electron chi connectivity index (χ2n) is 5.70. The highest BCUT2D eigenvalue weighted by molar-refractivity contribution is 7.53. The molecule has 0 saturated heterocycles. The molecule has 0 saturated carbocycles. The lowest BCUT2D eigenvalue weighted by Crippen LogP contribution is -2.26. The molecule has 0 amide bonds. The van der Waals surface area contributed by atoms with Gasteiger partial charge in [0.15, 0.2) is 5.79 Å². The number of aliphatic hydroxyl groups is 2. The fraction of sp³-hybridized carbons (Fsp3) is 0.250. The van der Waals surface area contributed by atoms with Crippen molar-refractivity contribution < 1.29 is 34.8 Å². The third-order valence-corrected chi connectivity index (χ3v) is 4.14. The highest BCUT2D eigenvalue weighted by atomic mass is 31.2. The van der Waals surface area contributed by atoms with Gasteiger partial charge in [-0.3, -0.25) is 5.09 Å². The van der Waals surface area contributed by atoms with Gasteiger partial charge in [-0.25, -0.2) is 4.57 Å². The minimum Gasteiger partial charge on any atom is -0.508 e. The predicted octanol–water partition coefficient (Wildman–Crippen LogP) is 1.76. The zero-order valence-corrected chi connectivity index (χ0v) is 14.1. The summed E-state index contributed by atoms with van der Waals surface area (Å²) in [6.45, 7) is 0. The van der Waals surface area contributed by atoms with E-state index in [2.05, 4.69) is 0 Å². The number of hydrogen-bond donors (Lipinski definition) is 7. The lowest BCUT2D eigenvalue weighted by Gasteiger charge is -2.26. The maximum absolute atomic E-state index is 11.1. The summed E-state index contributed by atoms with van der Waals surface area (Å²) in [5.41, 5.74) is 0.117. The number of phenolic OH excluding ortho intramolecular Hbond substituents is 2. The van der Waals surface area contributed by atoms with Crippen molar-refractivity contribution in [2.45, 2.75) is 25.0 Å². The van der Waals surface area contributed by atoms with Crippen LogP contribution in [-0.2, 0) is 16.8 Å². The maximum Gasteiger partial charge on any atom is 0.427 e. The van der Waals surface area contributed by atoms with Crippen molar-refractivity contribution in [3.63, 3.8) is 0 Å². The average Bonchev–Trinajstić information content (AvgIpc) is 2.45. The first kappa shape index (κ1) is 19.2. The second-order valence-corrected chi connectivity index (χ2v) is 7.01. The summed E-state index contributed by atoms with van der Waals surface area (Å²) >= 11 is 0. The average molecular weight is 369 g/mol. The lowest BCUT2D eigenvalue weighted by atomic mass is 9.96. The van der Waals surface area contributed by atoms with Gasteiger partial charge in [-0.05, 0) is 42.7 Å². The highest BCUT2D eigenvalue weighted by Gasteiger charge is 2.33. The molecule has 0 bridgehead atoms. The molecule has 0 aliphatic rings. The summed E-state index contributed by atoms with van der Waals surface area (Å²) in [6.07, 6.45) is 0.530. The van der Waals surface area contributed by atoms with Gasteiger partial charge in [0, 0.05) is 6.42 Å². The van der Waals surface area contributed by atoms with Crippen molar-refractivity contribution in [2.75, 3.05) is 5.09 Å². The van der Waals surface area contributed by atoms with Crippen LogP contribution in [0.15, 0.2) is 42.5 Å². The van der Waals surface area contributed by atoms with E-state index in [9.17, 15) is 25.0 Å². The Morgan fingerprint density at radius 1 is 1.04 bits per heavy atom. The lowest BCUT2D eigenvalue weighted by molar-refractivity contribution is -0.175. The molecule has 0 aromatic heterocycles. The third-order valence-electron chi connectivity index (χ3n) is 3.61. The second kappa shape index (κ2) is 7.43. The molecule has 0 heterocycles. The van der Waals surface area contributed by atoms with E-state index in [-0.39, 0.29) is 17.9 Å². The molecule has 136 valence electrons. The van der Waals surface area contributed by atoms with Crippen LogP contribution in [0.2, 0.25) is 0 Å². The summed E-state index contributed by atoms with van der Waals surface area (Å²) in [4.78, 5) is 18.1. The minimum absolute atomic E-state index is 0.102. The highest BCUT2D eigenvalue weighted by Crippen LogP contribution is 2.43. The fourth-order valence-electron chi connectivity index (χ4n) is 2.59. The summed E-state index contributed by atoms with van der Waals surface area (Å²) in [5.74, 6) is -2.90. The SMILES string of the molecule is O=P(O)(O)Nc1cccc(O)c1C(O)(O)CCCc1cccc(O)c1. The van der Waals surface area contributed by atoms with Crippen LogP contribution >= 0.6 is 7.75 Å². The normalized spacial score (nSPS) is 12.2. The summed E-state index contributed by atoms with van der Waals surface area (Å²) < 4.78 is 11.1. The van der Waals surface area contributed by atoms with Crippen LogP contribution in [0.5, 0.6) is 11.5 Å². The topological polar surface area (TPSA) is 150 Å². The zero-order valence-electron chi connectivity index (χ0n) is 13.2. The summed E-state index contributed by atoms with van der Waals surface area (Å²) in [6, 6.07) is 10.3. The Morgan fingerprint density at radius 3 is 2.36 bits per heavy atom. The number of benzene rings is 2. The smallest absolute Gasteiger partial charge is 0.427 e. The van der Waals surface area contributed by atoms with Crippen LogP contribution in [0.4, 0.5) is 5.69 Å². The number of anilines is 1. The molecule has 0 aliphatic carbocycles. The van der Waals surface area contributed by atoms with Crippen LogP contribution in [0, 0.1) is 0 Å². The molecule has 0 aliphatic heterocycles. The van der Waals surface area contributed by atoms with Gasteiger partial charge in [0.2, 0.25) is 0 Å². The van der Waals surface area contributed by atoms with Gasteiger partial charge in [-0.2, -0.15) is 0 Å². The van der Waals surface area contributed by atoms with Crippen LogP contribution in [0.25, 0.3) is 0 Å². The molecule has 9 heteroatoms. The largest absolute Gasteiger partial charge is 0.508 e. The number of aryl methyl sites for hydroxylation is 1. The predicted molar refractivity (Wildman–Crippen MR) is 90.9 cm³/mol. The molecule has 2 aromatic rings. The van der Waals surface area contributed by atoms with Gasteiger partial charge in [-0.15, -0.1) is 0 Å². The molecular formula is C16H20NO7P. The van der Waals surface area contributed by atoms with Crippen molar-refractivity contribution in [3.8, 4) is 11.5 Å². The number of hydrogen-bond acceptors (Lipinski definition) is 5. The molecule has 0 atom stereocenters. The Hall–Kier alpha value is -2.09. The van der Waals surface area contributed by atoms with E-state index in [4.69, 9.17) is 9.79 Å². The van der Waals surface area contributed by atoms with E-state index >= 15 is 0 Å². The number of nitrogens with one attached hydrogen (secondary N) is 1. The molecule has 25 heavy (non-hydrogen) atoms. The van der Waals surface area contributed by atoms with Crippen LogP contribution < -0.4 is 5.09 Å². The van der Waals surface area contributed by atoms with Gasteiger partial charge >= 0.3 is 7.75 Å². The minimum atomic E-state index is -4.69. The van der Waals surface area contributed by atoms with Gasteiger partial charge in [0.25, 0.3) is 0 Å². The van der Waals surface area contributed by atoms with Gasteiger partial charge in [0.1, 0.15) is 11.5 Å². The Balaban J connectivity index is 2.17. The zero-order chi connectivity index (χ0) is 18.7. The van der Waals surface area contributed by atoms with Crippen LogP contribution in [-0.4, -0.2) is 30.2 Å². The third kappa shape index (κ3) is 5.45. The molecule has 2 rings (SSSR count). The van der Waals surface area contributed by atoms with E-state index in [1.54, 1.807) is 18.2 Å². The van der Waals surface area contributed by atoms with Crippen molar-refractivity contribution in [1.29, 1.82) is 0 Å². The van der Waals surface area contributed by atoms with Gasteiger partial charge < -0.3 is 30.2 Å². The van der Waals surface area contributed by atoms with E-state index in [0.29, 0.717) is 12.8 Å². The quantitative estimate of drug-likeness (QED) is 0.288. The Labute approximate surface area is 144 Å². The number of aromatic hydroxyl groups is 2. The van der Waals surface area contributed by atoms with Gasteiger partial charge in [0.05, 0.1) is 11.3 Å². The monoisotopic (exact) mass is 369 g/mol. The van der Waals surface area contributed by atoms with Crippen LogP contribution in [0.1, 0.15) is 24.0 Å². The number of phenols is 2. The molecule has 2 aromatic carbocycles. The maximum atomic E-state index is 11.1. The molecule has 8 nitrogen and oxygen atoms in total. The first-order valence-corrected chi connectivity index (χ1v) is 9.09. The Morgan fingerprint density at radius 2 is 1.72 bits per heavy atom. The summed E-state index contributed by atoms with van der Waals surface area (Å²) in [7, 11) is -4.69. The van der Waals surface area contributed by atoms with Gasteiger partial charge in [-0.1, -0.05) is 18.2 Å².